The van der Waals surface area contributed by atoms with E-state index in [-0.39, 0.29) is 11.3 Å². The van der Waals surface area contributed by atoms with E-state index in [0.717, 1.165) is 54.1 Å². The van der Waals surface area contributed by atoms with Crippen LogP contribution in [0.3, 0.4) is 0 Å². The molecule has 0 saturated heterocycles. The monoisotopic (exact) mass is 336 g/mol. The molecule has 4 bridgehead atoms. The van der Waals surface area contributed by atoms with Gasteiger partial charge in [0.05, 0.1) is 5.41 Å². The molecule has 4 aliphatic carbocycles. The Morgan fingerprint density at radius 3 is 2.44 bits per heavy atom. The van der Waals surface area contributed by atoms with Crippen LogP contribution in [0.5, 0.6) is 0 Å². The predicted octanol–water partition coefficient (Wildman–Crippen LogP) is 3.64. The Kier molecular flexibility index (Phi) is 3.27. The summed E-state index contributed by atoms with van der Waals surface area (Å²) >= 11 is 0. The Morgan fingerprint density at radius 1 is 1.16 bits per heavy atom. The Labute approximate surface area is 147 Å². The van der Waals surface area contributed by atoms with Crippen molar-refractivity contribution >= 4 is 11.6 Å². The topological polar surface area (TPSA) is 59.8 Å². The van der Waals surface area contributed by atoms with Crippen LogP contribution in [0.25, 0.3) is 11.4 Å². The quantitative estimate of drug-likeness (QED) is 0.931. The highest BCUT2D eigenvalue weighted by molar-refractivity contribution is 5.96. The molecule has 130 valence electrons. The molecule has 25 heavy (non-hydrogen) atoms. The Balaban J connectivity index is 1.39. The number of hydrogen-bond acceptors (Lipinski definition) is 3. The van der Waals surface area contributed by atoms with Gasteiger partial charge < -0.3 is 9.88 Å². The first-order valence-electron chi connectivity index (χ1n) is 9.37. The molecule has 4 fully saturated rings. The van der Waals surface area contributed by atoms with Crippen molar-refractivity contribution in [3.63, 3.8) is 0 Å². The third kappa shape index (κ3) is 2.48. The van der Waals surface area contributed by atoms with Gasteiger partial charge >= 0.3 is 0 Å². The van der Waals surface area contributed by atoms with Crippen LogP contribution in [0.4, 0.5) is 5.69 Å². The number of nitrogens with one attached hydrogen (secondary N) is 1. The van der Waals surface area contributed by atoms with Crippen LogP contribution in [0, 0.1) is 23.2 Å². The van der Waals surface area contributed by atoms with Gasteiger partial charge in [0.2, 0.25) is 5.91 Å². The molecule has 1 heterocycles. The van der Waals surface area contributed by atoms with Crippen molar-refractivity contribution in [2.75, 3.05) is 5.32 Å². The summed E-state index contributed by atoms with van der Waals surface area (Å²) in [6.45, 7) is 0. The predicted molar refractivity (Wildman–Crippen MR) is 95.7 cm³/mol. The van der Waals surface area contributed by atoms with E-state index in [0.29, 0.717) is 0 Å². The number of nitrogens with zero attached hydrogens (tertiary/aromatic N) is 3. The first kappa shape index (κ1) is 15.1. The van der Waals surface area contributed by atoms with Crippen molar-refractivity contribution in [3.8, 4) is 11.4 Å². The highest BCUT2D eigenvalue weighted by atomic mass is 16.2. The summed E-state index contributed by atoms with van der Waals surface area (Å²) in [6, 6.07) is 7.95. The maximum absolute atomic E-state index is 13.2. The molecule has 4 aliphatic rings. The summed E-state index contributed by atoms with van der Waals surface area (Å²) in [5.74, 6) is 3.39. The van der Waals surface area contributed by atoms with Gasteiger partial charge in [-0.25, -0.2) is 0 Å². The van der Waals surface area contributed by atoms with E-state index in [9.17, 15) is 4.79 Å². The minimum atomic E-state index is -0.116. The van der Waals surface area contributed by atoms with E-state index in [2.05, 4.69) is 15.5 Å². The van der Waals surface area contributed by atoms with Gasteiger partial charge in [-0.1, -0.05) is 12.1 Å². The highest BCUT2D eigenvalue weighted by Crippen LogP contribution is 2.60. The van der Waals surface area contributed by atoms with Gasteiger partial charge in [-0.15, -0.1) is 10.2 Å². The molecule has 1 aromatic carbocycles. The van der Waals surface area contributed by atoms with Crippen molar-refractivity contribution in [2.24, 2.45) is 30.2 Å². The molecule has 4 saturated carbocycles. The van der Waals surface area contributed by atoms with Gasteiger partial charge in [-0.05, 0) is 68.4 Å². The smallest absolute Gasteiger partial charge is 0.230 e. The summed E-state index contributed by atoms with van der Waals surface area (Å²) in [5, 5.41) is 11.3. The van der Waals surface area contributed by atoms with Gasteiger partial charge in [0.15, 0.2) is 5.82 Å². The number of amides is 1. The first-order chi connectivity index (χ1) is 12.1. The normalized spacial score (nSPS) is 32.8. The van der Waals surface area contributed by atoms with Crippen LogP contribution in [0.1, 0.15) is 38.5 Å². The number of aryl methyl sites for hydroxylation is 1. The fourth-order valence-electron chi connectivity index (χ4n) is 5.93. The van der Waals surface area contributed by atoms with Gasteiger partial charge in [-0.3, -0.25) is 4.79 Å². The van der Waals surface area contributed by atoms with E-state index in [1.807, 2.05) is 35.9 Å². The number of aromatic nitrogens is 3. The number of hydrogen-bond donors (Lipinski definition) is 1. The maximum atomic E-state index is 13.2. The zero-order chi connectivity index (χ0) is 17.0. The zero-order valence-corrected chi connectivity index (χ0v) is 14.6. The highest BCUT2D eigenvalue weighted by Gasteiger charge is 2.54. The lowest BCUT2D eigenvalue weighted by molar-refractivity contribution is -0.140. The average Bonchev–Trinajstić information content (AvgIpc) is 3.00. The molecular weight excluding hydrogens is 312 g/mol. The van der Waals surface area contributed by atoms with Gasteiger partial charge in [0.1, 0.15) is 6.33 Å². The van der Waals surface area contributed by atoms with Crippen LogP contribution in [0.2, 0.25) is 0 Å². The number of carbonyl (C=O) groups is 1. The molecule has 0 atom stereocenters. The van der Waals surface area contributed by atoms with Gasteiger partial charge in [0.25, 0.3) is 0 Å². The molecule has 5 heteroatoms. The van der Waals surface area contributed by atoms with E-state index in [4.69, 9.17) is 0 Å². The van der Waals surface area contributed by atoms with E-state index in [1.54, 1.807) is 6.33 Å². The van der Waals surface area contributed by atoms with Crippen molar-refractivity contribution in [1.29, 1.82) is 0 Å². The summed E-state index contributed by atoms with van der Waals surface area (Å²) in [7, 11) is 1.93. The standard InChI is InChI=1S/C20H24N4O/c1-24-12-21-23-18(24)16-3-2-4-17(8-16)22-19(25)20-9-13-5-14(10-20)7-15(6-13)11-20/h2-4,8,12-15H,5-7,9-11H2,1H3,(H,22,25). The molecule has 1 aromatic heterocycles. The van der Waals surface area contributed by atoms with Crippen LogP contribution in [0.15, 0.2) is 30.6 Å². The summed E-state index contributed by atoms with van der Waals surface area (Å²) in [4.78, 5) is 13.2. The number of carbonyl (C=O) groups excluding carboxylic acids is 1. The summed E-state index contributed by atoms with van der Waals surface area (Å²) in [5.41, 5.74) is 1.72. The van der Waals surface area contributed by atoms with Crippen molar-refractivity contribution < 1.29 is 4.79 Å². The minimum absolute atomic E-state index is 0.116. The molecule has 5 nitrogen and oxygen atoms in total. The van der Waals surface area contributed by atoms with Gasteiger partial charge in [-0.2, -0.15) is 0 Å². The van der Waals surface area contributed by atoms with Crippen molar-refractivity contribution in [2.45, 2.75) is 38.5 Å². The largest absolute Gasteiger partial charge is 0.326 e. The minimum Gasteiger partial charge on any atom is -0.326 e. The van der Waals surface area contributed by atoms with E-state index >= 15 is 0 Å². The zero-order valence-electron chi connectivity index (χ0n) is 14.6. The molecule has 1 amide bonds. The summed E-state index contributed by atoms with van der Waals surface area (Å²) in [6.07, 6.45) is 9.03. The lowest BCUT2D eigenvalue weighted by atomic mass is 9.49. The SMILES string of the molecule is Cn1cnnc1-c1cccc(NC(=O)C23CC4CC(CC(C4)C2)C3)c1. The lowest BCUT2D eigenvalue weighted by Crippen LogP contribution is -2.51. The Bertz CT molecular complexity index is 789. The molecule has 0 spiro atoms. The van der Waals surface area contributed by atoms with Gasteiger partial charge in [0, 0.05) is 18.3 Å². The first-order valence-corrected chi connectivity index (χ1v) is 9.37. The van der Waals surface area contributed by atoms with Crippen molar-refractivity contribution in [1.82, 2.24) is 14.8 Å². The second-order valence-corrected chi connectivity index (χ2v) is 8.50. The maximum Gasteiger partial charge on any atom is 0.230 e. The van der Waals surface area contributed by atoms with E-state index < -0.39 is 0 Å². The lowest BCUT2D eigenvalue weighted by Gasteiger charge is -2.55. The number of benzene rings is 1. The molecule has 2 aromatic rings. The summed E-state index contributed by atoms with van der Waals surface area (Å²) < 4.78 is 1.89. The van der Waals surface area contributed by atoms with E-state index in [1.165, 1.54) is 19.3 Å². The second-order valence-electron chi connectivity index (χ2n) is 8.50. The number of rotatable bonds is 3. The van der Waals surface area contributed by atoms with Crippen LogP contribution in [-0.4, -0.2) is 20.7 Å². The fourth-order valence-corrected chi connectivity index (χ4v) is 5.93. The molecule has 1 N–H and O–H groups in total. The van der Waals surface area contributed by atoms with Crippen LogP contribution < -0.4 is 5.32 Å². The molecular formula is C20H24N4O. The number of anilines is 1. The second kappa shape index (κ2) is 5.41. The Hall–Kier alpha value is -2.17. The average molecular weight is 336 g/mol. The van der Waals surface area contributed by atoms with Crippen LogP contribution in [-0.2, 0) is 11.8 Å². The van der Waals surface area contributed by atoms with Crippen LogP contribution >= 0.6 is 0 Å². The molecule has 0 radical (unpaired) electrons. The molecule has 6 rings (SSSR count). The molecule has 0 unspecified atom stereocenters. The third-order valence-corrected chi connectivity index (χ3v) is 6.61. The Morgan fingerprint density at radius 2 is 1.84 bits per heavy atom. The van der Waals surface area contributed by atoms with Crippen molar-refractivity contribution in [3.05, 3.63) is 30.6 Å². The molecule has 0 aliphatic heterocycles. The fraction of sp³-hybridized carbons (Fsp3) is 0.550. The third-order valence-electron chi connectivity index (χ3n) is 6.61.